The van der Waals surface area contributed by atoms with Crippen LogP contribution in [0.4, 0.5) is 14.7 Å². The number of para-hydroxylation sites is 2. The molecule has 0 radical (unpaired) electrons. The molecule has 13 nitrogen and oxygen atoms in total. The van der Waals surface area contributed by atoms with Gasteiger partial charge in [-0.05, 0) is 36.6 Å². The molecule has 0 aliphatic heterocycles. The number of phosphoric acid groups is 2. The summed E-state index contributed by atoms with van der Waals surface area (Å²) in [6, 6.07) is 9.64. The predicted octanol–water partition coefficient (Wildman–Crippen LogP) is 4.26. The number of fused-ring (bicyclic) bond motifs is 1. The summed E-state index contributed by atoms with van der Waals surface area (Å²) in [5.74, 6) is -3.75. The van der Waals surface area contributed by atoms with Crippen molar-refractivity contribution < 1.29 is 45.8 Å². The first kappa shape index (κ1) is 28.1. The molecule has 1 saturated carbocycles. The van der Waals surface area contributed by atoms with Crippen molar-refractivity contribution in [1.29, 1.82) is 0 Å². The second-order valence-electron chi connectivity index (χ2n) is 8.89. The molecule has 17 heteroatoms. The van der Waals surface area contributed by atoms with Gasteiger partial charge in [-0.3, -0.25) is 18.8 Å². The fraction of sp³-hybridized carbons (Fsp3) is 0.261. The first-order valence-electron chi connectivity index (χ1n) is 11.8. The third kappa shape index (κ3) is 6.30. The summed E-state index contributed by atoms with van der Waals surface area (Å²) in [6.45, 7) is -0.745. The van der Waals surface area contributed by atoms with Gasteiger partial charge in [-0.1, -0.05) is 24.3 Å². The molecule has 2 aromatic carbocycles. The zero-order valence-electron chi connectivity index (χ0n) is 20.5. The van der Waals surface area contributed by atoms with Crippen LogP contribution in [-0.4, -0.2) is 42.5 Å². The van der Waals surface area contributed by atoms with Crippen molar-refractivity contribution in [3.05, 3.63) is 72.7 Å². The molecule has 2 heterocycles. The highest BCUT2D eigenvalue weighted by Crippen LogP contribution is 2.52. The molecule has 0 spiro atoms. The largest absolute Gasteiger partial charge is 0.527 e. The van der Waals surface area contributed by atoms with Gasteiger partial charge < -0.3 is 19.3 Å². The molecule has 4 aromatic rings. The standard InChI is InChI=1S/C23H23F2N5O8P2/c24-16-5-1-3-7-20(16)37-39(31,32)35-11-14-9-19(30-13-28-18-10-27-23(26)29-22(18)30)15(14)12-36-40(33,34)38-21-8-4-2-6-17(21)25/h1-8,10,13-15,19H,9,11-12H2,(H,31,32)(H,33,34)(H2,26,27,29)/t14-,15-,19-/m1/s1. The molecule has 1 fully saturated rings. The van der Waals surface area contributed by atoms with E-state index in [4.69, 9.17) is 23.8 Å². The molecule has 5 rings (SSSR count). The quantitative estimate of drug-likeness (QED) is 0.209. The zero-order chi connectivity index (χ0) is 28.5. The Balaban J connectivity index is 1.32. The minimum absolute atomic E-state index is 0.00548. The summed E-state index contributed by atoms with van der Waals surface area (Å²) < 4.78 is 74.6. The van der Waals surface area contributed by atoms with Crippen LogP contribution in [0.2, 0.25) is 0 Å². The van der Waals surface area contributed by atoms with Crippen LogP contribution in [0.15, 0.2) is 61.1 Å². The molecular formula is C23H23F2N5O8P2. The monoisotopic (exact) mass is 597 g/mol. The maximum atomic E-state index is 13.9. The topological polar surface area (TPSA) is 181 Å². The van der Waals surface area contributed by atoms with E-state index in [-0.39, 0.29) is 12.6 Å². The van der Waals surface area contributed by atoms with E-state index in [1.54, 1.807) is 4.57 Å². The van der Waals surface area contributed by atoms with Gasteiger partial charge in [0.1, 0.15) is 5.52 Å². The van der Waals surface area contributed by atoms with Crippen molar-refractivity contribution >= 4 is 32.8 Å². The highest BCUT2D eigenvalue weighted by atomic mass is 31.2. The number of benzene rings is 2. The Morgan fingerprint density at radius 3 is 2.10 bits per heavy atom. The minimum Gasteiger partial charge on any atom is -0.401 e. The molecule has 1 aliphatic rings. The molecule has 0 amide bonds. The van der Waals surface area contributed by atoms with E-state index in [1.165, 1.54) is 48.9 Å². The summed E-state index contributed by atoms with van der Waals surface area (Å²) in [5, 5.41) is 0. The van der Waals surface area contributed by atoms with E-state index >= 15 is 0 Å². The number of rotatable bonds is 11. The number of nitrogens with zero attached hydrogens (tertiary/aromatic N) is 4. The molecule has 1 aliphatic carbocycles. The Morgan fingerprint density at radius 1 is 0.925 bits per heavy atom. The minimum atomic E-state index is -4.79. The first-order valence-corrected chi connectivity index (χ1v) is 14.8. The molecule has 212 valence electrons. The fourth-order valence-corrected chi connectivity index (χ4v) is 5.97. The van der Waals surface area contributed by atoms with Crippen LogP contribution in [0.5, 0.6) is 11.5 Å². The highest BCUT2D eigenvalue weighted by Gasteiger charge is 2.46. The lowest BCUT2D eigenvalue weighted by Crippen LogP contribution is -2.43. The number of nitrogen functional groups attached to an aromatic ring is 1. The Hall–Kier alpha value is -3.45. The van der Waals surface area contributed by atoms with Gasteiger partial charge in [0, 0.05) is 12.0 Å². The summed E-state index contributed by atoms with van der Waals surface area (Å²) >= 11 is 0. The molecule has 0 bridgehead atoms. The smallest absolute Gasteiger partial charge is 0.401 e. The number of imidazole rings is 1. The summed E-state index contributed by atoms with van der Waals surface area (Å²) in [5.41, 5.74) is 6.56. The molecular weight excluding hydrogens is 574 g/mol. The molecule has 5 atom stereocenters. The number of hydrogen-bond donors (Lipinski definition) is 3. The number of nitrogens with two attached hydrogens (primary N) is 1. The molecule has 2 unspecified atom stereocenters. The second kappa shape index (κ2) is 11.2. The maximum Gasteiger partial charge on any atom is 0.527 e. The predicted molar refractivity (Wildman–Crippen MR) is 136 cm³/mol. The molecule has 4 N–H and O–H groups in total. The maximum absolute atomic E-state index is 13.9. The molecule has 2 aromatic heterocycles. The van der Waals surface area contributed by atoms with Gasteiger partial charge in [-0.25, -0.2) is 27.9 Å². The third-order valence-corrected chi connectivity index (χ3v) is 8.12. The van der Waals surface area contributed by atoms with Crippen molar-refractivity contribution in [2.24, 2.45) is 11.8 Å². The van der Waals surface area contributed by atoms with E-state index in [0.717, 1.165) is 12.1 Å². The van der Waals surface area contributed by atoms with Crippen LogP contribution in [0.1, 0.15) is 12.5 Å². The van der Waals surface area contributed by atoms with Gasteiger partial charge in [-0.2, -0.15) is 4.98 Å². The van der Waals surface area contributed by atoms with Crippen molar-refractivity contribution in [3.63, 3.8) is 0 Å². The third-order valence-electron chi connectivity index (χ3n) is 6.32. The first-order chi connectivity index (χ1) is 19.0. The van der Waals surface area contributed by atoms with Gasteiger partial charge in [0.25, 0.3) is 0 Å². The van der Waals surface area contributed by atoms with E-state index in [0.29, 0.717) is 17.6 Å². The fourth-order valence-electron chi connectivity index (χ4n) is 4.33. The summed E-state index contributed by atoms with van der Waals surface area (Å²) in [7, 11) is -9.52. The summed E-state index contributed by atoms with van der Waals surface area (Å²) in [6.07, 6.45) is 3.26. The van der Waals surface area contributed by atoms with E-state index in [9.17, 15) is 27.7 Å². The van der Waals surface area contributed by atoms with Crippen LogP contribution < -0.4 is 14.8 Å². The highest BCUT2D eigenvalue weighted by molar-refractivity contribution is 7.48. The molecule has 0 saturated heterocycles. The zero-order valence-corrected chi connectivity index (χ0v) is 22.3. The van der Waals surface area contributed by atoms with Crippen molar-refractivity contribution in [2.45, 2.75) is 12.5 Å². The van der Waals surface area contributed by atoms with Crippen molar-refractivity contribution in [3.8, 4) is 11.5 Å². The van der Waals surface area contributed by atoms with Crippen LogP contribution in [0, 0.1) is 23.5 Å². The number of anilines is 1. The lowest BCUT2D eigenvalue weighted by Gasteiger charge is -2.45. The Labute approximate surface area is 225 Å². The molecule has 40 heavy (non-hydrogen) atoms. The van der Waals surface area contributed by atoms with Crippen LogP contribution >= 0.6 is 15.6 Å². The van der Waals surface area contributed by atoms with Crippen LogP contribution in [-0.2, 0) is 18.2 Å². The van der Waals surface area contributed by atoms with Gasteiger partial charge in [-0.15, -0.1) is 0 Å². The van der Waals surface area contributed by atoms with Gasteiger partial charge in [0.05, 0.1) is 25.7 Å². The normalized spacial score (nSPS) is 21.8. The number of halogens is 2. The SMILES string of the molecule is Nc1ncc2ncn([C@@H]3C[C@H](COP(=O)(O)Oc4ccccc4F)[C@H]3COP(=O)(O)Oc3ccccc3F)c2n1. The van der Waals surface area contributed by atoms with Crippen LogP contribution in [0.3, 0.4) is 0 Å². The number of hydrogen-bond acceptors (Lipinski definition) is 10. The van der Waals surface area contributed by atoms with Crippen LogP contribution in [0.25, 0.3) is 11.2 Å². The van der Waals surface area contributed by atoms with Crippen molar-refractivity contribution in [1.82, 2.24) is 19.5 Å². The average Bonchev–Trinajstić information content (AvgIpc) is 3.28. The Morgan fingerprint density at radius 2 is 1.50 bits per heavy atom. The second-order valence-corrected chi connectivity index (χ2v) is 11.6. The Bertz CT molecular complexity index is 1630. The lowest BCUT2D eigenvalue weighted by molar-refractivity contribution is -0.00458. The van der Waals surface area contributed by atoms with Gasteiger partial charge in [0.15, 0.2) is 28.8 Å². The van der Waals surface area contributed by atoms with E-state index in [1.807, 2.05) is 0 Å². The van der Waals surface area contributed by atoms with E-state index < -0.39 is 63.3 Å². The van der Waals surface area contributed by atoms with E-state index in [2.05, 4.69) is 15.0 Å². The Kier molecular flexibility index (Phi) is 7.87. The number of aromatic nitrogens is 4. The number of phosphoric ester groups is 2. The van der Waals surface area contributed by atoms with Gasteiger partial charge in [0.2, 0.25) is 5.95 Å². The van der Waals surface area contributed by atoms with Gasteiger partial charge >= 0.3 is 15.6 Å². The summed E-state index contributed by atoms with van der Waals surface area (Å²) in [4.78, 5) is 32.7. The van der Waals surface area contributed by atoms with Crippen molar-refractivity contribution in [2.75, 3.05) is 18.9 Å². The average molecular weight is 597 g/mol. The lowest BCUT2D eigenvalue weighted by atomic mass is 9.70.